The Morgan fingerprint density at radius 2 is 1.76 bits per heavy atom. The van der Waals surface area contributed by atoms with E-state index in [4.69, 9.17) is 0 Å². The summed E-state index contributed by atoms with van der Waals surface area (Å²) in [5.41, 5.74) is 0.466. The van der Waals surface area contributed by atoms with E-state index in [2.05, 4.69) is 10.3 Å². The molecule has 1 saturated heterocycles. The van der Waals surface area contributed by atoms with Crippen molar-refractivity contribution in [3.63, 3.8) is 0 Å². The molecule has 150 valence electrons. The molecular formula is C21H20F2N4O2. The number of likely N-dealkylation sites (tertiary alicyclic amines) is 1. The van der Waals surface area contributed by atoms with Crippen molar-refractivity contribution in [1.82, 2.24) is 14.3 Å². The maximum absolute atomic E-state index is 14.3. The molecule has 3 aromatic rings. The van der Waals surface area contributed by atoms with Gasteiger partial charge in [0.2, 0.25) is 0 Å². The number of anilines is 1. The fraction of sp³-hybridized carbons (Fsp3) is 0.286. The largest absolute Gasteiger partial charge is 0.339 e. The number of carbonyl (C=O) groups is 2. The molecule has 1 N–H and O–H groups in total. The molecule has 1 aliphatic heterocycles. The molecule has 2 amide bonds. The van der Waals surface area contributed by atoms with E-state index < -0.39 is 23.4 Å². The average Bonchev–Trinajstić information content (AvgIpc) is 3.01. The quantitative estimate of drug-likeness (QED) is 0.728. The minimum Gasteiger partial charge on any atom is -0.339 e. The Kier molecular flexibility index (Phi) is 5.24. The number of nitrogens with one attached hydrogen (secondary N) is 1. The molecule has 6 nitrogen and oxygen atoms in total. The van der Waals surface area contributed by atoms with E-state index in [-0.39, 0.29) is 16.8 Å². The molecule has 1 aromatic carbocycles. The molecule has 0 aliphatic carbocycles. The summed E-state index contributed by atoms with van der Waals surface area (Å²) in [5.74, 6) is -2.93. The number of aromatic nitrogens is 2. The summed E-state index contributed by atoms with van der Waals surface area (Å²) in [6.07, 6.45) is 8.60. The van der Waals surface area contributed by atoms with Gasteiger partial charge in [-0.3, -0.25) is 9.59 Å². The third kappa shape index (κ3) is 3.96. The molecule has 0 radical (unpaired) electrons. The minimum atomic E-state index is -0.938. The van der Waals surface area contributed by atoms with E-state index in [0.717, 1.165) is 31.7 Å². The van der Waals surface area contributed by atoms with Gasteiger partial charge in [0.05, 0.1) is 16.8 Å². The summed E-state index contributed by atoms with van der Waals surface area (Å²) < 4.78 is 30.3. The number of imidazole rings is 1. The monoisotopic (exact) mass is 398 g/mol. The SMILES string of the molecule is O=C(Nc1cc(C(=O)N2CCCCCC2)c(F)cc1F)c1ccc2nccn2c1. The van der Waals surface area contributed by atoms with Gasteiger partial charge in [-0.05, 0) is 31.0 Å². The molecule has 0 unspecified atom stereocenters. The predicted molar refractivity (Wildman–Crippen MR) is 104 cm³/mol. The van der Waals surface area contributed by atoms with Gasteiger partial charge in [-0.2, -0.15) is 0 Å². The highest BCUT2D eigenvalue weighted by Gasteiger charge is 2.23. The molecule has 0 spiro atoms. The molecule has 1 aliphatic rings. The van der Waals surface area contributed by atoms with Gasteiger partial charge in [-0.15, -0.1) is 0 Å². The Bertz CT molecular complexity index is 1070. The van der Waals surface area contributed by atoms with E-state index in [1.807, 2.05) is 0 Å². The summed E-state index contributed by atoms with van der Waals surface area (Å²) >= 11 is 0. The molecule has 8 heteroatoms. The van der Waals surface area contributed by atoms with Crippen molar-refractivity contribution < 1.29 is 18.4 Å². The zero-order valence-electron chi connectivity index (χ0n) is 15.7. The van der Waals surface area contributed by atoms with Crippen LogP contribution < -0.4 is 5.32 Å². The smallest absolute Gasteiger partial charge is 0.257 e. The van der Waals surface area contributed by atoms with E-state index in [0.29, 0.717) is 24.8 Å². The molecule has 1 fully saturated rings. The number of pyridine rings is 1. The standard InChI is InChI=1S/C21H20F2N4O2/c22-16-12-17(23)18(11-15(16)21(29)26-8-3-1-2-4-9-26)25-20(28)14-5-6-19-24-7-10-27(19)13-14/h5-7,10-13H,1-4,8-9H2,(H,25,28). The van der Waals surface area contributed by atoms with E-state index in [1.165, 1.54) is 0 Å². The van der Waals surface area contributed by atoms with Crippen LogP contribution in [0.4, 0.5) is 14.5 Å². The summed E-state index contributed by atoms with van der Waals surface area (Å²) in [6.45, 7) is 1.09. The first-order valence-corrected chi connectivity index (χ1v) is 9.55. The van der Waals surface area contributed by atoms with Crippen LogP contribution in [0.3, 0.4) is 0 Å². The van der Waals surface area contributed by atoms with Crippen molar-refractivity contribution in [3.8, 4) is 0 Å². The Morgan fingerprint density at radius 1 is 1.00 bits per heavy atom. The van der Waals surface area contributed by atoms with Gasteiger partial charge < -0.3 is 14.6 Å². The summed E-state index contributed by atoms with van der Waals surface area (Å²) in [6, 6.07) is 4.93. The lowest BCUT2D eigenvalue weighted by Gasteiger charge is -2.21. The first kappa shape index (κ1) is 19.0. The summed E-state index contributed by atoms with van der Waals surface area (Å²) in [4.78, 5) is 31.0. The van der Waals surface area contributed by atoms with E-state index >= 15 is 0 Å². The van der Waals surface area contributed by atoms with Gasteiger partial charge >= 0.3 is 0 Å². The molecule has 3 heterocycles. The van der Waals surface area contributed by atoms with Gasteiger partial charge in [-0.1, -0.05) is 12.8 Å². The second-order valence-electron chi connectivity index (χ2n) is 7.08. The van der Waals surface area contributed by atoms with Crippen LogP contribution in [0, 0.1) is 11.6 Å². The first-order valence-electron chi connectivity index (χ1n) is 9.55. The molecule has 29 heavy (non-hydrogen) atoms. The molecule has 4 rings (SSSR count). The van der Waals surface area contributed by atoms with Gasteiger partial charge in [0.25, 0.3) is 11.8 Å². The lowest BCUT2D eigenvalue weighted by molar-refractivity contribution is 0.0756. The number of hydrogen-bond acceptors (Lipinski definition) is 3. The zero-order chi connectivity index (χ0) is 20.4. The second kappa shape index (κ2) is 7.98. The van der Waals surface area contributed by atoms with Crippen LogP contribution in [0.5, 0.6) is 0 Å². The van der Waals surface area contributed by atoms with Crippen molar-refractivity contribution in [2.75, 3.05) is 18.4 Å². The molecule has 0 atom stereocenters. The number of benzene rings is 1. The highest BCUT2D eigenvalue weighted by Crippen LogP contribution is 2.23. The number of carbonyl (C=O) groups excluding carboxylic acids is 2. The number of amides is 2. The maximum atomic E-state index is 14.3. The second-order valence-corrected chi connectivity index (χ2v) is 7.08. The van der Waals surface area contributed by atoms with Gasteiger partial charge in [0.15, 0.2) is 0 Å². The highest BCUT2D eigenvalue weighted by atomic mass is 19.1. The van der Waals surface area contributed by atoms with E-state index in [1.54, 1.807) is 40.0 Å². The Morgan fingerprint density at radius 3 is 2.52 bits per heavy atom. The fourth-order valence-electron chi connectivity index (χ4n) is 3.50. The average molecular weight is 398 g/mol. The molecule has 0 saturated carbocycles. The third-order valence-electron chi connectivity index (χ3n) is 5.08. The van der Waals surface area contributed by atoms with Crippen LogP contribution in [0.1, 0.15) is 46.4 Å². The van der Waals surface area contributed by atoms with Crippen LogP contribution >= 0.6 is 0 Å². The predicted octanol–water partition coefficient (Wildman–Crippen LogP) is 3.88. The van der Waals surface area contributed by atoms with Gasteiger partial charge in [0, 0.05) is 37.7 Å². The Hall–Kier alpha value is -3.29. The first-order chi connectivity index (χ1) is 14.0. The van der Waals surface area contributed by atoms with Crippen LogP contribution in [0.2, 0.25) is 0 Å². The maximum Gasteiger partial charge on any atom is 0.257 e. The minimum absolute atomic E-state index is 0.236. The topological polar surface area (TPSA) is 66.7 Å². The van der Waals surface area contributed by atoms with Crippen molar-refractivity contribution in [3.05, 3.63) is 65.6 Å². The number of nitrogens with zero attached hydrogens (tertiary/aromatic N) is 3. The third-order valence-corrected chi connectivity index (χ3v) is 5.08. The lowest BCUT2D eigenvalue weighted by Crippen LogP contribution is -2.32. The Labute approximate surface area is 166 Å². The molecular weight excluding hydrogens is 378 g/mol. The van der Waals surface area contributed by atoms with Crippen LogP contribution in [-0.2, 0) is 0 Å². The van der Waals surface area contributed by atoms with Crippen molar-refractivity contribution in [2.45, 2.75) is 25.7 Å². The number of halogens is 2. The molecule has 2 aromatic heterocycles. The van der Waals surface area contributed by atoms with Gasteiger partial charge in [0.1, 0.15) is 17.3 Å². The van der Waals surface area contributed by atoms with Crippen molar-refractivity contribution in [1.29, 1.82) is 0 Å². The molecule has 0 bridgehead atoms. The zero-order valence-corrected chi connectivity index (χ0v) is 15.7. The summed E-state index contributed by atoms with van der Waals surface area (Å²) in [7, 11) is 0. The number of fused-ring (bicyclic) bond motifs is 1. The number of hydrogen-bond donors (Lipinski definition) is 1. The highest BCUT2D eigenvalue weighted by molar-refractivity contribution is 6.05. The van der Waals surface area contributed by atoms with Crippen LogP contribution in [-0.4, -0.2) is 39.2 Å². The summed E-state index contributed by atoms with van der Waals surface area (Å²) in [5, 5.41) is 2.44. The normalized spacial score (nSPS) is 14.6. The van der Waals surface area contributed by atoms with Gasteiger partial charge in [-0.25, -0.2) is 13.8 Å². The van der Waals surface area contributed by atoms with Crippen LogP contribution in [0.25, 0.3) is 5.65 Å². The van der Waals surface area contributed by atoms with Crippen LogP contribution in [0.15, 0.2) is 42.9 Å². The number of rotatable bonds is 3. The van der Waals surface area contributed by atoms with E-state index in [9.17, 15) is 18.4 Å². The Balaban J connectivity index is 1.59. The van der Waals surface area contributed by atoms with Crippen molar-refractivity contribution >= 4 is 23.1 Å². The fourth-order valence-corrected chi connectivity index (χ4v) is 3.50. The lowest BCUT2D eigenvalue weighted by atomic mass is 10.1. The van der Waals surface area contributed by atoms with Crippen molar-refractivity contribution in [2.24, 2.45) is 0 Å².